The number of rotatable bonds is 4. The summed E-state index contributed by atoms with van der Waals surface area (Å²) >= 11 is 0. The molecule has 6 nitrogen and oxygen atoms in total. The van der Waals surface area contributed by atoms with Crippen LogP contribution >= 0.6 is 0 Å². The van der Waals surface area contributed by atoms with Gasteiger partial charge in [-0.05, 0) is 49.9 Å². The molecule has 4 aliphatic rings. The molecule has 0 amide bonds. The maximum absolute atomic E-state index is 13.2. The Balaban J connectivity index is 1.71. The van der Waals surface area contributed by atoms with Crippen LogP contribution in [0.3, 0.4) is 0 Å². The van der Waals surface area contributed by atoms with E-state index >= 15 is 0 Å². The van der Waals surface area contributed by atoms with Crippen molar-refractivity contribution in [3.63, 3.8) is 0 Å². The van der Waals surface area contributed by atoms with Gasteiger partial charge in [0.2, 0.25) is 0 Å². The molecule has 0 aromatic heterocycles. The fourth-order valence-corrected chi connectivity index (χ4v) is 4.83. The third-order valence-corrected chi connectivity index (χ3v) is 6.28. The highest BCUT2D eigenvalue weighted by molar-refractivity contribution is 7.86. The molecule has 22 heavy (non-hydrogen) atoms. The number of hydrogen-bond donors (Lipinski definition) is 2. The van der Waals surface area contributed by atoms with Crippen molar-refractivity contribution in [1.29, 1.82) is 0 Å². The van der Waals surface area contributed by atoms with Crippen molar-refractivity contribution in [2.45, 2.75) is 43.5 Å². The van der Waals surface area contributed by atoms with E-state index in [1.807, 2.05) is 0 Å². The van der Waals surface area contributed by atoms with Gasteiger partial charge in [-0.25, -0.2) is 0 Å². The van der Waals surface area contributed by atoms with Gasteiger partial charge >= 0.3 is 21.3 Å². The number of aliphatic hydroxyl groups excluding tert-OH is 1. The van der Waals surface area contributed by atoms with Gasteiger partial charge in [0.05, 0.1) is 11.5 Å². The van der Waals surface area contributed by atoms with Crippen LogP contribution in [0.5, 0.6) is 0 Å². The minimum atomic E-state index is -5.61. The Morgan fingerprint density at radius 2 is 1.77 bits per heavy atom. The number of esters is 1. The van der Waals surface area contributed by atoms with Crippen LogP contribution in [0.25, 0.3) is 0 Å². The molecule has 4 aliphatic carbocycles. The summed E-state index contributed by atoms with van der Waals surface area (Å²) in [5.41, 5.74) is -0.898. The monoisotopic (exact) mass is 340 g/mol. The second-order valence-corrected chi connectivity index (χ2v) is 8.48. The molecule has 0 spiro atoms. The first-order valence-corrected chi connectivity index (χ1v) is 8.68. The number of aliphatic hydroxyl groups is 1. The fourth-order valence-electron chi connectivity index (χ4n) is 4.62. The number of alkyl halides is 2. The molecule has 9 heteroatoms. The first kappa shape index (κ1) is 16.1. The zero-order valence-corrected chi connectivity index (χ0v) is 12.6. The summed E-state index contributed by atoms with van der Waals surface area (Å²) in [7, 11) is -5.61. The molecule has 4 bridgehead atoms. The van der Waals surface area contributed by atoms with Crippen LogP contribution in [0.1, 0.15) is 32.1 Å². The highest BCUT2D eigenvalue weighted by Crippen LogP contribution is 2.60. The van der Waals surface area contributed by atoms with Crippen molar-refractivity contribution < 1.29 is 36.4 Å². The maximum atomic E-state index is 13.2. The van der Waals surface area contributed by atoms with E-state index in [4.69, 9.17) is 4.55 Å². The van der Waals surface area contributed by atoms with Crippen LogP contribution in [-0.4, -0.2) is 42.0 Å². The first-order chi connectivity index (χ1) is 10.0. The molecule has 2 unspecified atom stereocenters. The van der Waals surface area contributed by atoms with Gasteiger partial charge in [-0.3, -0.25) is 9.35 Å². The molecule has 0 aromatic rings. The van der Waals surface area contributed by atoms with Crippen LogP contribution < -0.4 is 0 Å². The predicted octanol–water partition coefficient (Wildman–Crippen LogP) is 1.20. The van der Waals surface area contributed by atoms with E-state index in [-0.39, 0.29) is 17.8 Å². The van der Waals surface area contributed by atoms with Gasteiger partial charge < -0.3 is 9.84 Å². The van der Waals surface area contributed by atoms with Crippen LogP contribution in [0.4, 0.5) is 8.78 Å². The molecular weight excluding hydrogens is 322 g/mol. The summed E-state index contributed by atoms with van der Waals surface area (Å²) in [6.07, 6.45) is 2.50. The Bertz CT molecular complexity index is 573. The van der Waals surface area contributed by atoms with Gasteiger partial charge in [-0.2, -0.15) is 17.2 Å². The molecule has 126 valence electrons. The summed E-state index contributed by atoms with van der Waals surface area (Å²) in [6, 6.07) is 0. The Hall–Kier alpha value is -0.800. The second-order valence-electron chi connectivity index (χ2n) is 6.93. The van der Waals surface area contributed by atoms with Crippen LogP contribution in [0.15, 0.2) is 0 Å². The van der Waals surface area contributed by atoms with Crippen molar-refractivity contribution in [2.24, 2.45) is 23.2 Å². The van der Waals surface area contributed by atoms with Crippen LogP contribution in [0, 0.1) is 23.2 Å². The molecule has 4 saturated carbocycles. The minimum absolute atomic E-state index is 0.0270. The van der Waals surface area contributed by atoms with Gasteiger partial charge in [-0.1, -0.05) is 0 Å². The number of carbonyl (C=O) groups excluding carboxylic acids is 1. The lowest BCUT2D eigenvalue weighted by Gasteiger charge is -2.57. The van der Waals surface area contributed by atoms with Gasteiger partial charge in [0.25, 0.3) is 0 Å². The van der Waals surface area contributed by atoms with Crippen molar-refractivity contribution in [1.82, 2.24) is 0 Å². The van der Waals surface area contributed by atoms with Crippen molar-refractivity contribution >= 4 is 16.1 Å². The Kier molecular flexibility index (Phi) is 3.54. The van der Waals surface area contributed by atoms with E-state index in [9.17, 15) is 27.1 Å². The average molecular weight is 340 g/mol. The molecule has 0 saturated heterocycles. The van der Waals surface area contributed by atoms with Gasteiger partial charge in [0.15, 0.2) is 6.61 Å². The van der Waals surface area contributed by atoms with E-state index in [1.54, 1.807) is 0 Å². The van der Waals surface area contributed by atoms with Crippen molar-refractivity contribution in [3.8, 4) is 0 Å². The number of halogens is 2. The molecule has 4 fully saturated rings. The molecule has 2 N–H and O–H groups in total. The summed E-state index contributed by atoms with van der Waals surface area (Å²) in [5, 5.41) is 5.60. The minimum Gasteiger partial charge on any atom is -0.458 e. The topological polar surface area (TPSA) is 101 Å². The van der Waals surface area contributed by atoms with Crippen molar-refractivity contribution in [2.75, 3.05) is 6.61 Å². The number of ether oxygens (including phenoxy) is 1. The fraction of sp³-hybridized carbons (Fsp3) is 0.923. The van der Waals surface area contributed by atoms with Gasteiger partial charge in [0.1, 0.15) is 0 Å². The van der Waals surface area contributed by atoms with E-state index < -0.39 is 39.5 Å². The molecular formula is C13H18F2O6S. The SMILES string of the molecule is O=C(OCC(F)(F)S(=O)(=O)O)C12CC3CC(C1)C(O)C(C3)C2. The summed E-state index contributed by atoms with van der Waals surface area (Å²) in [4.78, 5) is 12.3. The smallest absolute Gasteiger partial charge is 0.402 e. The Morgan fingerprint density at radius 1 is 1.23 bits per heavy atom. The standard InChI is InChI=1S/C13H18F2O6S/c14-13(15,22(18,19)20)6-21-11(17)12-3-7-1-8(4-12)10(16)9(2-7)5-12/h7-10,16H,1-6H2,(H,18,19,20). The number of hydrogen-bond acceptors (Lipinski definition) is 5. The maximum Gasteiger partial charge on any atom is 0.402 e. The normalized spacial score (nSPS) is 40.7. The zero-order valence-electron chi connectivity index (χ0n) is 11.7. The molecule has 0 aromatic carbocycles. The van der Waals surface area contributed by atoms with Crippen LogP contribution in [0.2, 0.25) is 0 Å². The van der Waals surface area contributed by atoms with E-state index in [0.29, 0.717) is 19.3 Å². The number of carbonyl (C=O) groups is 1. The van der Waals surface area contributed by atoms with E-state index in [1.165, 1.54) is 0 Å². The molecule has 2 atom stereocenters. The summed E-state index contributed by atoms with van der Waals surface area (Å²) in [6.45, 7) is -1.69. The second kappa shape index (κ2) is 4.85. The quantitative estimate of drug-likeness (QED) is 0.589. The van der Waals surface area contributed by atoms with Gasteiger partial charge in [-0.15, -0.1) is 0 Å². The lowest BCUT2D eigenvalue weighted by Crippen LogP contribution is -2.56. The summed E-state index contributed by atoms with van der Waals surface area (Å²) in [5.74, 6) is -0.626. The van der Waals surface area contributed by atoms with E-state index in [2.05, 4.69) is 4.74 Å². The zero-order chi connectivity index (χ0) is 16.3. The Labute approximate surface area is 126 Å². The van der Waals surface area contributed by atoms with E-state index in [0.717, 1.165) is 12.8 Å². The molecule has 4 rings (SSSR count). The lowest BCUT2D eigenvalue weighted by molar-refractivity contribution is -0.188. The third-order valence-electron chi connectivity index (χ3n) is 5.41. The molecule has 0 aliphatic heterocycles. The lowest BCUT2D eigenvalue weighted by atomic mass is 9.48. The molecule has 0 heterocycles. The van der Waals surface area contributed by atoms with Crippen LogP contribution in [-0.2, 0) is 19.6 Å². The predicted molar refractivity (Wildman–Crippen MR) is 69.4 cm³/mol. The summed E-state index contributed by atoms with van der Waals surface area (Å²) < 4.78 is 60.4. The van der Waals surface area contributed by atoms with Gasteiger partial charge in [0, 0.05) is 0 Å². The molecule has 0 radical (unpaired) electrons. The largest absolute Gasteiger partial charge is 0.458 e. The third kappa shape index (κ3) is 2.43. The highest BCUT2D eigenvalue weighted by Gasteiger charge is 2.59. The highest BCUT2D eigenvalue weighted by atomic mass is 32.2. The first-order valence-electron chi connectivity index (χ1n) is 7.24. The Morgan fingerprint density at radius 3 is 2.27 bits per heavy atom. The average Bonchev–Trinajstić information content (AvgIpc) is 2.39. The van der Waals surface area contributed by atoms with Crippen molar-refractivity contribution in [3.05, 3.63) is 0 Å².